The number of aryl methyl sites for hydroxylation is 2. The van der Waals surface area contributed by atoms with Gasteiger partial charge in [-0.15, -0.1) is 0 Å². The van der Waals surface area contributed by atoms with Crippen LogP contribution in [0.3, 0.4) is 0 Å². The predicted molar refractivity (Wildman–Crippen MR) is 49.4 cm³/mol. The van der Waals surface area contributed by atoms with E-state index in [2.05, 4.69) is 5.16 Å². The van der Waals surface area contributed by atoms with E-state index in [9.17, 15) is 0 Å². The molecule has 1 rings (SSSR count). The molecule has 0 aromatic carbocycles. The van der Waals surface area contributed by atoms with Crippen LogP contribution in [0.15, 0.2) is 4.52 Å². The molecule has 0 saturated heterocycles. The lowest BCUT2D eigenvalue weighted by Crippen LogP contribution is -2.42. The summed E-state index contributed by atoms with van der Waals surface area (Å²) in [6, 6.07) is 0. The van der Waals surface area contributed by atoms with Crippen molar-refractivity contribution in [3.8, 4) is 0 Å². The second-order valence-electron chi connectivity index (χ2n) is 3.79. The highest BCUT2D eigenvalue weighted by atomic mass is 16.5. The molecule has 74 valence electrons. The van der Waals surface area contributed by atoms with Gasteiger partial charge in [-0.3, -0.25) is 0 Å². The van der Waals surface area contributed by atoms with E-state index in [4.69, 9.17) is 15.4 Å². The van der Waals surface area contributed by atoms with Crippen molar-refractivity contribution in [1.29, 1.82) is 0 Å². The first-order valence-corrected chi connectivity index (χ1v) is 4.28. The fourth-order valence-corrected chi connectivity index (χ4v) is 1.21. The minimum Gasteiger partial charge on any atom is -0.394 e. The summed E-state index contributed by atoms with van der Waals surface area (Å²) in [5.41, 5.74) is 7.08. The van der Waals surface area contributed by atoms with E-state index in [1.54, 1.807) is 6.92 Å². The van der Waals surface area contributed by atoms with Crippen LogP contribution in [0.2, 0.25) is 0 Å². The van der Waals surface area contributed by atoms with Gasteiger partial charge in [0.05, 0.1) is 12.3 Å². The summed E-state index contributed by atoms with van der Waals surface area (Å²) in [5, 5.41) is 12.8. The molecule has 0 amide bonds. The smallest absolute Gasteiger partial charge is 0.137 e. The average Bonchev–Trinajstić information content (AvgIpc) is 2.36. The minimum absolute atomic E-state index is 0.0446. The van der Waals surface area contributed by atoms with E-state index in [-0.39, 0.29) is 6.61 Å². The fraction of sp³-hybridized carbons (Fsp3) is 0.667. The predicted octanol–water partition coefficient (Wildman–Crippen LogP) is 0.544. The number of nitrogens with two attached hydrogens (primary N) is 1. The van der Waals surface area contributed by atoms with E-state index >= 15 is 0 Å². The summed E-state index contributed by atoms with van der Waals surface area (Å²) in [6.07, 6.45) is 0.588. The maximum atomic E-state index is 9.00. The molecular weight excluding hydrogens is 168 g/mol. The molecule has 0 aliphatic carbocycles. The molecule has 13 heavy (non-hydrogen) atoms. The summed E-state index contributed by atoms with van der Waals surface area (Å²) >= 11 is 0. The third kappa shape index (κ3) is 2.29. The number of rotatable bonds is 3. The molecule has 0 spiro atoms. The lowest BCUT2D eigenvalue weighted by molar-refractivity contribution is 0.207. The third-order valence-corrected chi connectivity index (χ3v) is 2.12. The molecule has 1 aromatic rings. The van der Waals surface area contributed by atoms with Crippen LogP contribution < -0.4 is 5.73 Å². The molecule has 0 bridgehead atoms. The lowest BCUT2D eigenvalue weighted by Gasteiger charge is -2.21. The van der Waals surface area contributed by atoms with Crippen LogP contribution in [0.5, 0.6) is 0 Å². The SMILES string of the molecule is Cc1noc(C)c1CC(C)(N)CO. The summed E-state index contributed by atoms with van der Waals surface area (Å²) in [7, 11) is 0. The van der Waals surface area contributed by atoms with Crippen LogP contribution >= 0.6 is 0 Å². The number of nitrogens with zero attached hydrogens (tertiary/aromatic N) is 1. The Hall–Kier alpha value is -0.870. The largest absolute Gasteiger partial charge is 0.394 e. The molecule has 0 radical (unpaired) electrons. The molecule has 1 unspecified atom stereocenters. The molecule has 1 atom stereocenters. The Balaban J connectivity index is 2.85. The van der Waals surface area contributed by atoms with E-state index in [1.165, 1.54) is 0 Å². The maximum Gasteiger partial charge on any atom is 0.137 e. The van der Waals surface area contributed by atoms with Gasteiger partial charge in [0.25, 0.3) is 0 Å². The van der Waals surface area contributed by atoms with Gasteiger partial charge in [-0.25, -0.2) is 0 Å². The fourth-order valence-electron chi connectivity index (χ4n) is 1.21. The standard InChI is InChI=1S/C9H16N2O2/c1-6-8(7(2)13-11-6)4-9(3,10)5-12/h12H,4-5,10H2,1-3H3. The number of aliphatic hydroxyl groups is 1. The Morgan fingerprint density at radius 1 is 1.54 bits per heavy atom. The van der Waals surface area contributed by atoms with Crippen molar-refractivity contribution in [2.75, 3.05) is 6.61 Å². The number of hydrogen-bond donors (Lipinski definition) is 2. The van der Waals surface area contributed by atoms with Crippen molar-refractivity contribution >= 4 is 0 Å². The summed E-state index contributed by atoms with van der Waals surface area (Å²) in [6.45, 7) is 5.48. The Labute approximate surface area is 77.7 Å². The van der Waals surface area contributed by atoms with Crippen LogP contribution in [0.25, 0.3) is 0 Å². The summed E-state index contributed by atoms with van der Waals surface area (Å²) in [4.78, 5) is 0. The van der Waals surface area contributed by atoms with E-state index < -0.39 is 5.54 Å². The van der Waals surface area contributed by atoms with Gasteiger partial charge >= 0.3 is 0 Å². The Bertz CT molecular complexity index is 272. The first kappa shape index (κ1) is 10.2. The lowest BCUT2D eigenvalue weighted by atomic mass is 9.94. The Morgan fingerprint density at radius 3 is 2.54 bits per heavy atom. The van der Waals surface area contributed by atoms with Crippen LogP contribution in [-0.4, -0.2) is 22.4 Å². The minimum atomic E-state index is -0.596. The van der Waals surface area contributed by atoms with Crippen LogP contribution in [-0.2, 0) is 6.42 Å². The molecule has 4 nitrogen and oxygen atoms in total. The van der Waals surface area contributed by atoms with Gasteiger partial charge in [0.1, 0.15) is 5.76 Å². The van der Waals surface area contributed by atoms with Gasteiger partial charge in [0.2, 0.25) is 0 Å². The molecule has 1 heterocycles. The third-order valence-electron chi connectivity index (χ3n) is 2.12. The van der Waals surface area contributed by atoms with Crippen molar-refractivity contribution in [2.45, 2.75) is 32.7 Å². The van der Waals surface area contributed by atoms with Crippen LogP contribution in [0.4, 0.5) is 0 Å². The quantitative estimate of drug-likeness (QED) is 0.719. The Morgan fingerprint density at radius 2 is 2.15 bits per heavy atom. The molecule has 3 N–H and O–H groups in total. The molecule has 0 saturated carbocycles. The highest BCUT2D eigenvalue weighted by Crippen LogP contribution is 2.17. The Kier molecular flexibility index (Phi) is 2.73. The summed E-state index contributed by atoms with van der Waals surface area (Å²) in [5.74, 6) is 0.780. The summed E-state index contributed by atoms with van der Waals surface area (Å²) < 4.78 is 5.00. The first-order chi connectivity index (χ1) is 5.96. The zero-order valence-corrected chi connectivity index (χ0v) is 8.29. The zero-order valence-electron chi connectivity index (χ0n) is 8.29. The van der Waals surface area contributed by atoms with Crippen molar-refractivity contribution in [3.05, 3.63) is 17.0 Å². The maximum absolute atomic E-state index is 9.00. The highest BCUT2D eigenvalue weighted by Gasteiger charge is 2.22. The van der Waals surface area contributed by atoms with Crippen molar-refractivity contribution < 1.29 is 9.63 Å². The number of aliphatic hydroxyl groups excluding tert-OH is 1. The molecular formula is C9H16N2O2. The second-order valence-corrected chi connectivity index (χ2v) is 3.79. The van der Waals surface area contributed by atoms with Crippen molar-refractivity contribution in [2.24, 2.45) is 5.73 Å². The number of hydrogen-bond acceptors (Lipinski definition) is 4. The molecule has 1 aromatic heterocycles. The average molecular weight is 184 g/mol. The van der Waals surface area contributed by atoms with Crippen molar-refractivity contribution in [3.63, 3.8) is 0 Å². The zero-order chi connectivity index (χ0) is 10.1. The normalized spacial score (nSPS) is 15.8. The molecule has 0 aliphatic rings. The van der Waals surface area contributed by atoms with E-state index in [0.29, 0.717) is 6.42 Å². The van der Waals surface area contributed by atoms with Crippen LogP contribution in [0.1, 0.15) is 23.9 Å². The van der Waals surface area contributed by atoms with Gasteiger partial charge in [0.15, 0.2) is 0 Å². The van der Waals surface area contributed by atoms with Crippen molar-refractivity contribution in [1.82, 2.24) is 5.16 Å². The highest BCUT2D eigenvalue weighted by molar-refractivity contribution is 5.23. The molecule has 4 heteroatoms. The first-order valence-electron chi connectivity index (χ1n) is 4.28. The topological polar surface area (TPSA) is 72.3 Å². The van der Waals surface area contributed by atoms with Gasteiger partial charge < -0.3 is 15.4 Å². The molecule has 0 aliphatic heterocycles. The van der Waals surface area contributed by atoms with E-state index in [0.717, 1.165) is 17.0 Å². The van der Waals surface area contributed by atoms with Gasteiger partial charge in [-0.05, 0) is 27.2 Å². The van der Waals surface area contributed by atoms with Gasteiger partial charge in [0, 0.05) is 11.1 Å². The molecule has 0 fully saturated rings. The monoisotopic (exact) mass is 184 g/mol. The van der Waals surface area contributed by atoms with Gasteiger partial charge in [-0.1, -0.05) is 5.16 Å². The van der Waals surface area contributed by atoms with Gasteiger partial charge in [-0.2, -0.15) is 0 Å². The number of aromatic nitrogens is 1. The van der Waals surface area contributed by atoms with Crippen LogP contribution in [0, 0.1) is 13.8 Å². The van der Waals surface area contributed by atoms with E-state index in [1.807, 2.05) is 13.8 Å². The second kappa shape index (κ2) is 3.47.